The largest absolute Gasteiger partial charge is 0.416 e. The van der Waals surface area contributed by atoms with Gasteiger partial charge < -0.3 is 15.0 Å². The number of amides is 1. The van der Waals surface area contributed by atoms with Crippen LogP contribution in [0.5, 0.6) is 0 Å². The molecule has 2 atom stereocenters. The van der Waals surface area contributed by atoms with E-state index in [-0.39, 0.29) is 18.4 Å². The number of carbonyl (C=O) groups is 1. The molecule has 3 aliphatic rings. The minimum atomic E-state index is -4.35. The third-order valence-corrected chi connectivity index (χ3v) is 6.33. The van der Waals surface area contributed by atoms with Crippen LogP contribution in [-0.2, 0) is 28.7 Å². The number of nitrogens with zero attached hydrogens (tertiary/aromatic N) is 1. The molecule has 2 fully saturated rings. The highest BCUT2D eigenvalue weighted by Gasteiger charge is 2.36. The Kier molecular flexibility index (Phi) is 11.2. The Balaban J connectivity index is 0.000000714. The Bertz CT molecular complexity index is 733. The molecular weight excluding hydrogens is 429 g/mol. The van der Waals surface area contributed by atoms with E-state index in [0.29, 0.717) is 30.6 Å². The Hall–Kier alpha value is -1.60. The number of benzene rings is 1. The van der Waals surface area contributed by atoms with Gasteiger partial charge in [0, 0.05) is 44.3 Å². The van der Waals surface area contributed by atoms with E-state index in [9.17, 15) is 18.0 Å². The lowest BCUT2D eigenvalue weighted by Crippen LogP contribution is -2.42. The Morgan fingerprint density at radius 1 is 1.06 bits per heavy atom. The number of alkyl halides is 3. The first-order valence-electron chi connectivity index (χ1n) is 12.6. The van der Waals surface area contributed by atoms with E-state index in [1.807, 2.05) is 13.8 Å². The molecule has 0 radical (unpaired) electrons. The molecule has 0 aromatic heterocycles. The molecule has 2 aliphatic heterocycles. The average molecular weight is 471 g/mol. The lowest BCUT2D eigenvalue weighted by molar-refractivity contribution is -0.137. The minimum absolute atomic E-state index is 0.0234. The summed E-state index contributed by atoms with van der Waals surface area (Å²) in [5.74, 6) is 0.0732. The van der Waals surface area contributed by atoms with Crippen molar-refractivity contribution in [2.45, 2.75) is 97.4 Å². The molecule has 33 heavy (non-hydrogen) atoms. The lowest BCUT2D eigenvalue weighted by Gasteiger charge is -2.31. The predicted octanol–water partition coefficient (Wildman–Crippen LogP) is 5.97. The maximum absolute atomic E-state index is 13.0. The summed E-state index contributed by atoms with van der Waals surface area (Å²) >= 11 is 0. The third kappa shape index (κ3) is 7.99. The topological polar surface area (TPSA) is 41.6 Å². The molecule has 2 unspecified atom stereocenters. The molecule has 7 heteroatoms. The number of rotatable bonds is 3. The maximum atomic E-state index is 13.0. The molecular formula is C26H41F3N2O2. The smallest absolute Gasteiger partial charge is 0.381 e. The van der Waals surface area contributed by atoms with Crippen molar-refractivity contribution < 1.29 is 22.7 Å². The quantitative estimate of drug-likeness (QED) is 0.592. The summed E-state index contributed by atoms with van der Waals surface area (Å²) in [5, 5.41) is 3.67. The number of hydrogen-bond donors (Lipinski definition) is 1. The number of carbonyl (C=O) groups excluding carboxylic acids is 1. The Morgan fingerprint density at radius 2 is 1.73 bits per heavy atom. The van der Waals surface area contributed by atoms with Gasteiger partial charge in [-0.15, -0.1) is 0 Å². The van der Waals surface area contributed by atoms with Gasteiger partial charge in [-0.2, -0.15) is 13.2 Å². The minimum Gasteiger partial charge on any atom is -0.381 e. The van der Waals surface area contributed by atoms with Crippen LogP contribution in [0.1, 0.15) is 82.9 Å². The van der Waals surface area contributed by atoms with Gasteiger partial charge in [0.05, 0.1) is 5.56 Å². The summed E-state index contributed by atoms with van der Waals surface area (Å²) in [7, 11) is 0. The molecule has 1 aromatic rings. The molecule has 4 rings (SSSR count). The second kappa shape index (κ2) is 13.3. The zero-order chi connectivity index (χ0) is 24.4. The first kappa shape index (κ1) is 27.6. The van der Waals surface area contributed by atoms with Crippen molar-refractivity contribution in [3.05, 3.63) is 34.9 Å². The summed E-state index contributed by atoms with van der Waals surface area (Å²) in [6.07, 6.45) is 2.20. The van der Waals surface area contributed by atoms with Gasteiger partial charge in [-0.05, 0) is 61.8 Å². The second-order valence-corrected chi connectivity index (χ2v) is 8.96. The molecule has 4 nitrogen and oxygen atoms in total. The first-order valence-corrected chi connectivity index (χ1v) is 12.6. The van der Waals surface area contributed by atoms with Gasteiger partial charge >= 0.3 is 6.18 Å². The van der Waals surface area contributed by atoms with Crippen LogP contribution in [-0.4, -0.2) is 42.6 Å². The summed E-state index contributed by atoms with van der Waals surface area (Å²) in [4.78, 5) is 14.7. The predicted molar refractivity (Wildman–Crippen MR) is 126 cm³/mol. The Morgan fingerprint density at radius 3 is 2.36 bits per heavy atom. The molecule has 1 amide bonds. The van der Waals surface area contributed by atoms with E-state index >= 15 is 0 Å². The van der Waals surface area contributed by atoms with Crippen LogP contribution in [0.4, 0.5) is 13.2 Å². The normalized spacial score (nSPS) is 23.1. The third-order valence-electron chi connectivity index (χ3n) is 6.33. The summed E-state index contributed by atoms with van der Waals surface area (Å²) in [5.41, 5.74) is 0.911. The fourth-order valence-electron chi connectivity index (χ4n) is 4.73. The molecule has 1 saturated carbocycles. The van der Waals surface area contributed by atoms with Crippen molar-refractivity contribution in [1.29, 1.82) is 0 Å². The molecule has 2 heterocycles. The fraction of sp³-hybridized carbons (Fsp3) is 0.731. The number of nitrogens with one attached hydrogen (secondary N) is 1. The summed E-state index contributed by atoms with van der Waals surface area (Å²) in [6, 6.07) is 4.73. The van der Waals surface area contributed by atoms with Crippen LogP contribution in [0.3, 0.4) is 0 Å². The van der Waals surface area contributed by atoms with Gasteiger partial charge in [0.15, 0.2) is 0 Å². The van der Waals surface area contributed by atoms with Crippen LogP contribution < -0.4 is 5.32 Å². The Labute approximate surface area is 197 Å². The highest BCUT2D eigenvalue weighted by atomic mass is 19.4. The average Bonchev–Trinajstić information content (AvgIpc) is 3.28. The molecule has 1 N–H and O–H groups in total. The number of fused-ring (bicyclic) bond motifs is 1. The van der Waals surface area contributed by atoms with Crippen LogP contribution in [0.15, 0.2) is 18.2 Å². The second-order valence-electron chi connectivity index (χ2n) is 8.96. The van der Waals surface area contributed by atoms with Crippen LogP contribution >= 0.6 is 0 Å². The van der Waals surface area contributed by atoms with Crippen molar-refractivity contribution in [3.8, 4) is 0 Å². The van der Waals surface area contributed by atoms with E-state index in [1.165, 1.54) is 12.5 Å². The molecule has 0 bridgehead atoms. The number of hydrogen-bond acceptors (Lipinski definition) is 3. The molecule has 1 aliphatic carbocycles. The number of halogens is 3. The van der Waals surface area contributed by atoms with Gasteiger partial charge in [-0.1, -0.05) is 40.2 Å². The van der Waals surface area contributed by atoms with Crippen molar-refractivity contribution in [2.24, 2.45) is 5.92 Å². The highest BCUT2D eigenvalue weighted by molar-refractivity contribution is 5.79. The maximum Gasteiger partial charge on any atom is 0.416 e. The molecule has 1 saturated heterocycles. The first-order chi connectivity index (χ1) is 15.8. The lowest BCUT2D eigenvalue weighted by atomic mass is 9.95. The fourth-order valence-corrected chi connectivity index (χ4v) is 4.73. The molecule has 1 aromatic carbocycles. The van der Waals surface area contributed by atoms with E-state index < -0.39 is 11.7 Å². The van der Waals surface area contributed by atoms with Crippen molar-refractivity contribution in [2.75, 3.05) is 19.8 Å². The van der Waals surface area contributed by atoms with Gasteiger partial charge in [0.2, 0.25) is 5.91 Å². The summed E-state index contributed by atoms with van der Waals surface area (Å²) in [6.45, 7) is 10.7. The van der Waals surface area contributed by atoms with Gasteiger partial charge in [0.1, 0.15) is 0 Å². The van der Waals surface area contributed by atoms with Crippen molar-refractivity contribution >= 4 is 5.91 Å². The van der Waals surface area contributed by atoms with E-state index in [2.05, 4.69) is 19.2 Å². The zero-order valence-electron chi connectivity index (χ0n) is 20.6. The number of ether oxygens (including phenoxy) is 1. The highest BCUT2D eigenvalue weighted by Crippen LogP contribution is 2.34. The van der Waals surface area contributed by atoms with Gasteiger partial charge in [-0.25, -0.2) is 0 Å². The monoisotopic (exact) mass is 470 g/mol. The van der Waals surface area contributed by atoms with E-state index in [4.69, 9.17) is 4.74 Å². The zero-order valence-corrected chi connectivity index (χ0v) is 20.6. The molecule has 188 valence electrons. The van der Waals surface area contributed by atoms with Crippen LogP contribution in [0, 0.1) is 5.92 Å². The van der Waals surface area contributed by atoms with Gasteiger partial charge in [0.25, 0.3) is 0 Å². The van der Waals surface area contributed by atoms with Gasteiger partial charge in [-0.3, -0.25) is 4.79 Å². The van der Waals surface area contributed by atoms with E-state index in [1.54, 1.807) is 11.0 Å². The summed E-state index contributed by atoms with van der Waals surface area (Å²) < 4.78 is 44.4. The van der Waals surface area contributed by atoms with E-state index in [0.717, 1.165) is 56.9 Å². The molecule has 0 spiro atoms. The standard InChI is InChI=1S/C21H27F3N2O2.C3H8.C2H6/c22-21(23,24)17-3-1-14-5-8-26(13-16(14)11-17)20(27)15-2-4-19(12-15)25-18-6-9-28-10-7-18;1-3-2;1-2/h1,3,11,15,18-19,25H,2,4-10,12-13H2;3H2,1-2H3;1-2H3. The van der Waals surface area contributed by atoms with Crippen LogP contribution in [0.2, 0.25) is 0 Å². The van der Waals surface area contributed by atoms with Crippen molar-refractivity contribution in [3.63, 3.8) is 0 Å². The SMILES string of the molecule is CC.CCC.O=C(C1CCC(NC2CCOCC2)C1)N1CCc2ccc(C(F)(F)F)cc2C1. The van der Waals surface area contributed by atoms with Crippen molar-refractivity contribution in [1.82, 2.24) is 10.2 Å². The van der Waals surface area contributed by atoms with Crippen LogP contribution in [0.25, 0.3) is 0 Å².